The van der Waals surface area contributed by atoms with E-state index < -0.39 is 5.97 Å². The Kier molecular flexibility index (Phi) is 6.17. The molecule has 0 aliphatic carbocycles. The molecule has 23 heavy (non-hydrogen) atoms. The van der Waals surface area contributed by atoms with E-state index in [4.69, 9.17) is 9.47 Å². The van der Waals surface area contributed by atoms with Crippen molar-refractivity contribution in [3.63, 3.8) is 0 Å². The van der Waals surface area contributed by atoms with Crippen LogP contribution in [0.15, 0.2) is 54.6 Å². The third kappa shape index (κ3) is 5.14. The predicted octanol–water partition coefficient (Wildman–Crippen LogP) is 2.56. The fourth-order valence-corrected chi connectivity index (χ4v) is 1.97. The third-order valence-electron chi connectivity index (χ3n) is 3.09. The third-order valence-corrected chi connectivity index (χ3v) is 3.09. The molecule has 120 valence electrons. The largest absolute Gasteiger partial charge is 0.493 e. The van der Waals surface area contributed by atoms with Crippen molar-refractivity contribution in [2.45, 2.75) is 13.5 Å². The first-order valence-corrected chi connectivity index (χ1v) is 7.40. The molecule has 5 nitrogen and oxygen atoms in total. The molecule has 0 aliphatic heterocycles. The summed E-state index contributed by atoms with van der Waals surface area (Å²) in [5, 5.41) is 2.53. The number of rotatable bonds is 7. The lowest BCUT2D eigenvalue weighted by molar-refractivity contribution is -0.143. The van der Waals surface area contributed by atoms with Gasteiger partial charge in [0.05, 0.1) is 6.61 Å². The Morgan fingerprint density at radius 1 is 1.00 bits per heavy atom. The summed E-state index contributed by atoms with van der Waals surface area (Å²) in [6, 6.07) is 16.1. The van der Waals surface area contributed by atoms with Crippen molar-refractivity contribution in [3.8, 4) is 5.75 Å². The van der Waals surface area contributed by atoms with Crippen molar-refractivity contribution in [1.82, 2.24) is 5.32 Å². The number of para-hydroxylation sites is 1. The molecule has 2 aromatic carbocycles. The molecule has 0 saturated heterocycles. The molecular weight excluding hydrogens is 294 g/mol. The van der Waals surface area contributed by atoms with Crippen molar-refractivity contribution in [2.75, 3.05) is 13.2 Å². The highest BCUT2D eigenvalue weighted by Crippen LogP contribution is 2.18. The van der Waals surface area contributed by atoms with Crippen molar-refractivity contribution in [3.05, 3.63) is 65.7 Å². The zero-order valence-electron chi connectivity index (χ0n) is 13.0. The summed E-state index contributed by atoms with van der Waals surface area (Å²) in [6.07, 6.45) is 0. The van der Waals surface area contributed by atoms with Crippen molar-refractivity contribution in [1.29, 1.82) is 0 Å². The van der Waals surface area contributed by atoms with Crippen molar-refractivity contribution >= 4 is 11.9 Å². The maximum Gasteiger partial charge on any atom is 0.325 e. The summed E-state index contributed by atoms with van der Waals surface area (Å²) in [7, 11) is 0. The van der Waals surface area contributed by atoms with Gasteiger partial charge in [0.1, 0.15) is 18.9 Å². The van der Waals surface area contributed by atoms with Gasteiger partial charge in [-0.15, -0.1) is 0 Å². The van der Waals surface area contributed by atoms with Gasteiger partial charge in [-0.25, -0.2) is 0 Å². The van der Waals surface area contributed by atoms with Crippen LogP contribution in [0.4, 0.5) is 0 Å². The minimum absolute atomic E-state index is 0.107. The van der Waals surface area contributed by atoms with Crippen LogP contribution < -0.4 is 10.1 Å². The van der Waals surface area contributed by atoms with Gasteiger partial charge in [-0.05, 0) is 25.1 Å². The molecule has 2 rings (SSSR count). The van der Waals surface area contributed by atoms with Gasteiger partial charge in [0, 0.05) is 11.1 Å². The normalized spacial score (nSPS) is 9.96. The molecule has 0 heterocycles. The number of hydrogen-bond donors (Lipinski definition) is 1. The SMILES string of the molecule is CCOc1ccccc1COC(=O)CNC(=O)c1ccccc1. The zero-order chi connectivity index (χ0) is 16.5. The molecule has 0 unspecified atom stereocenters. The second-order valence-corrected chi connectivity index (χ2v) is 4.75. The van der Waals surface area contributed by atoms with Crippen LogP contribution in [0.5, 0.6) is 5.75 Å². The summed E-state index contributed by atoms with van der Waals surface area (Å²) in [5.41, 5.74) is 1.29. The Balaban J connectivity index is 1.81. The van der Waals surface area contributed by atoms with E-state index in [1.54, 1.807) is 24.3 Å². The van der Waals surface area contributed by atoms with E-state index in [9.17, 15) is 9.59 Å². The van der Waals surface area contributed by atoms with Gasteiger partial charge in [0.2, 0.25) is 0 Å². The number of benzene rings is 2. The van der Waals surface area contributed by atoms with Gasteiger partial charge in [0.15, 0.2) is 0 Å². The second-order valence-electron chi connectivity index (χ2n) is 4.75. The van der Waals surface area contributed by atoms with Crippen LogP contribution in [0.25, 0.3) is 0 Å². The van der Waals surface area contributed by atoms with E-state index in [0.29, 0.717) is 17.9 Å². The topological polar surface area (TPSA) is 64.6 Å². The summed E-state index contributed by atoms with van der Waals surface area (Å²) in [6.45, 7) is 2.36. The molecule has 0 aromatic heterocycles. The Hall–Kier alpha value is -2.82. The Bertz CT molecular complexity index is 655. The fraction of sp³-hybridized carbons (Fsp3) is 0.222. The smallest absolute Gasteiger partial charge is 0.325 e. The summed E-state index contributed by atoms with van der Waals surface area (Å²) in [5.74, 6) is -0.117. The van der Waals surface area contributed by atoms with Gasteiger partial charge in [0.25, 0.3) is 5.91 Å². The van der Waals surface area contributed by atoms with E-state index >= 15 is 0 Å². The van der Waals surface area contributed by atoms with Gasteiger partial charge >= 0.3 is 5.97 Å². The van der Waals surface area contributed by atoms with Crippen LogP contribution >= 0.6 is 0 Å². The van der Waals surface area contributed by atoms with Crippen molar-refractivity contribution < 1.29 is 19.1 Å². The standard InChI is InChI=1S/C18H19NO4/c1-2-22-16-11-7-6-10-15(16)13-23-17(20)12-19-18(21)14-8-4-3-5-9-14/h3-11H,2,12-13H2,1H3,(H,19,21). The summed E-state index contributed by atoms with van der Waals surface area (Å²) >= 11 is 0. The minimum Gasteiger partial charge on any atom is -0.493 e. The Labute approximate surface area is 135 Å². The number of amides is 1. The molecule has 0 saturated carbocycles. The molecule has 1 N–H and O–H groups in total. The van der Waals surface area contributed by atoms with Crippen LogP contribution in [0.3, 0.4) is 0 Å². The molecule has 0 radical (unpaired) electrons. The Morgan fingerprint density at radius 2 is 1.70 bits per heavy atom. The van der Waals surface area contributed by atoms with E-state index in [1.807, 2.05) is 37.3 Å². The van der Waals surface area contributed by atoms with E-state index in [2.05, 4.69) is 5.32 Å². The number of ether oxygens (including phenoxy) is 2. The first kappa shape index (κ1) is 16.5. The monoisotopic (exact) mass is 313 g/mol. The molecule has 0 spiro atoms. The summed E-state index contributed by atoms with van der Waals surface area (Å²) in [4.78, 5) is 23.6. The van der Waals surface area contributed by atoms with Crippen molar-refractivity contribution in [2.24, 2.45) is 0 Å². The van der Waals surface area contributed by atoms with E-state index in [-0.39, 0.29) is 19.1 Å². The van der Waals surface area contributed by atoms with E-state index in [0.717, 1.165) is 5.56 Å². The van der Waals surface area contributed by atoms with Crippen LogP contribution in [0.1, 0.15) is 22.8 Å². The molecule has 0 bridgehead atoms. The lowest BCUT2D eigenvalue weighted by Crippen LogP contribution is -2.30. The number of carbonyl (C=O) groups is 2. The van der Waals surface area contributed by atoms with Gasteiger partial charge < -0.3 is 14.8 Å². The number of esters is 1. The van der Waals surface area contributed by atoms with Crippen LogP contribution in [-0.2, 0) is 16.1 Å². The maximum atomic E-state index is 11.8. The quantitative estimate of drug-likeness (QED) is 0.798. The molecular formula is C18H19NO4. The number of hydrogen-bond acceptors (Lipinski definition) is 4. The molecule has 0 aliphatic rings. The highest BCUT2D eigenvalue weighted by molar-refractivity contribution is 5.95. The predicted molar refractivity (Wildman–Crippen MR) is 86.2 cm³/mol. The fourth-order valence-electron chi connectivity index (χ4n) is 1.97. The molecule has 5 heteroatoms. The molecule has 0 fully saturated rings. The molecule has 2 aromatic rings. The first-order valence-electron chi connectivity index (χ1n) is 7.40. The van der Waals surface area contributed by atoms with Crippen LogP contribution in [0.2, 0.25) is 0 Å². The van der Waals surface area contributed by atoms with Gasteiger partial charge in [-0.1, -0.05) is 36.4 Å². The number of carbonyl (C=O) groups excluding carboxylic acids is 2. The zero-order valence-corrected chi connectivity index (χ0v) is 13.0. The summed E-state index contributed by atoms with van der Waals surface area (Å²) < 4.78 is 10.6. The maximum absolute atomic E-state index is 11.8. The van der Waals surface area contributed by atoms with Crippen LogP contribution in [0, 0.1) is 0 Å². The van der Waals surface area contributed by atoms with Gasteiger partial charge in [-0.3, -0.25) is 9.59 Å². The highest BCUT2D eigenvalue weighted by atomic mass is 16.5. The van der Waals surface area contributed by atoms with E-state index in [1.165, 1.54) is 0 Å². The second kappa shape index (κ2) is 8.58. The van der Waals surface area contributed by atoms with Crippen LogP contribution in [-0.4, -0.2) is 25.0 Å². The lowest BCUT2D eigenvalue weighted by Gasteiger charge is -2.11. The first-order chi connectivity index (χ1) is 11.2. The Morgan fingerprint density at radius 3 is 2.43 bits per heavy atom. The minimum atomic E-state index is -0.499. The number of nitrogens with one attached hydrogen (secondary N) is 1. The lowest BCUT2D eigenvalue weighted by atomic mass is 10.2. The molecule has 0 atom stereocenters. The average molecular weight is 313 g/mol. The van der Waals surface area contributed by atoms with Gasteiger partial charge in [-0.2, -0.15) is 0 Å². The molecule has 1 amide bonds. The highest BCUT2D eigenvalue weighted by Gasteiger charge is 2.10. The average Bonchev–Trinajstić information content (AvgIpc) is 2.60.